The van der Waals surface area contributed by atoms with Gasteiger partial charge < -0.3 is 16.0 Å². The normalized spacial score (nSPS) is 16.9. The van der Waals surface area contributed by atoms with E-state index in [1.165, 1.54) is 11.8 Å². The van der Waals surface area contributed by atoms with E-state index in [0.717, 1.165) is 47.4 Å². The number of benzene rings is 1. The van der Waals surface area contributed by atoms with Crippen molar-refractivity contribution < 1.29 is 0 Å². The van der Waals surface area contributed by atoms with Crippen LogP contribution in [0.5, 0.6) is 0 Å². The van der Waals surface area contributed by atoms with E-state index < -0.39 is 0 Å². The van der Waals surface area contributed by atoms with Gasteiger partial charge in [0.1, 0.15) is 10.8 Å². The number of hydrogen-bond acceptors (Lipinski definition) is 6. The fraction of sp³-hybridized carbons (Fsp3) is 0.412. The maximum absolute atomic E-state index is 6.39. The Kier molecular flexibility index (Phi) is 5.18. The van der Waals surface area contributed by atoms with Crippen molar-refractivity contribution in [2.24, 2.45) is 5.73 Å². The van der Waals surface area contributed by atoms with Crippen molar-refractivity contribution in [3.63, 3.8) is 0 Å². The predicted molar refractivity (Wildman–Crippen MR) is 101 cm³/mol. The van der Waals surface area contributed by atoms with Crippen molar-refractivity contribution in [1.82, 2.24) is 9.97 Å². The SMILES string of the molecule is CNc1cccc(Sc2cnc(N3CCC(C)(N)CC3)cn2)c1Cl. The van der Waals surface area contributed by atoms with Gasteiger partial charge in [-0.3, -0.25) is 0 Å². The standard InChI is InChI=1S/C17H22ClN5S/c1-17(19)6-8-23(9-7-17)14-10-22-15(11-21-14)24-13-5-3-4-12(20-2)16(13)18/h3-5,10-11,20H,6-9,19H2,1-2H3. The van der Waals surface area contributed by atoms with E-state index in [4.69, 9.17) is 17.3 Å². The van der Waals surface area contributed by atoms with Gasteiger partial charge in [-0.2, -0.15) is 0 Å². The first-order valence-electron chi connectivity index (χ1n) is 7.98. The molecule has 5 nitrogen and oxygen atoms in total. The summed E-state index contributed by atoms with van der Waals surface area (Å²) in [4.78, 5) is 12.3. The molecule has 1 aliphatic rings. The Morgan fingerprint density at radius 1 is 1.25 bits per heavy atom. The molecule has 0 radical (unpaired) electrons. The van der Waals surface area contributed by atoms with Crippen LogP contribution in [0.2, 0.25) is 5.02 Å². The van der Waals surface area contributed by atoms with Gasteiger partial charge in [0, 0.05) is 30.6 Å². The molecule has 3 rings (SSSR count). The fourth-order valence-electron chi connectivity index (χ4n) is 2.67. The van der Waals surface area contributed by atoms with Crippen LogP contribution in [0.25, 0.3) is 0 Å². The maximum atomic E-state index is 6.39. The molecule has 7 heteroatoms. The molecule has 0 bridgehead atoms. The van der Waals surface area contributed by atoms with Crippen LogP contribution in [0.15, 0.2) is 40.5 Å². The number of halogens is 1. The van der Waals surface area contributed by atoms with Crippen molar-refractivity contribution in [2.45, 2.75) is 35.2 Å². The summed E-state index contributed by atoms with van der Waals surface area (Å²) < 4.78 is 0. The third kappa shape index (κ3) is 3.94. The zero-order chi connectivity index (χ0) is 17.2. The number of piperidine rings is 1. The highest BCUT2D eigenvalue weighted by Crippen LogP contribution is 2.36. The average molecular weight is 364 g/mol. The molecule has 0 amide bonds. The van der Waals surface area contributed by atoms with Crippen LogP contribution >= 0.6 is 23.4 Å². The van der Waals surface area contributed by atoms with Crippen LogP contribution in [-0.4, -0.2) is 35.6 Å². The van der Waals surface area contributed by atoms with Crippen LogP contribution in [-0.2, 0) is 0 Å². The second-order valence-corrected chi connectivity index (χ2v) is 7.76. The number of aromatic nitrogens is 2. The Bertz CT molecular complexity index is 695. The lowest BCUT2D eigenvalue weighted by molar-refractivity contribution is 0.363. The lowest BCUT2D eigenvalue weighted by Gasteiger charge is -2.37. The van der Waals surface area contributed by atoms with Crippen molar-refractivity contribution >= 4 is 34.9 Å². The molecule has 24 heavy (non-hydrogen) atoms. The van der Waals surface area contributed by atoms with Gasteiger partial charge in [-0.15, -0.1) is 0 Å². The highest BCUT2D eigenvalue weighted by atomic mass is 35.5. The third-order valence-electron chi connectivity index (χ3n) is 4.29. The number of anilines is 2. The van der Waals surface area contributed by atoms with E-state index in [1.807, 2.05) is 31.4 Å². The fourth-order valence-corrected chi connectivity index (χ4v) is 3.79. The first-order valence-corrected chi connectivity index (χ1v) is 9.18. The second-order valence-electron chi connectivity index (χ2n) is 6.32. The predicted octanol–water partition coefficient (Wildman–Crippen LogP) is 3.64. The molecule has 0 unspecified atom stereocenters. The zero-order valence-electron chi connectivity index (χ0n) is 13.9. The number of nitrogens with one attached hydrogen (secondary N) is 1. The van der Waals surface area contributed by atoms with Gasteiger partial charge in [-0.25, -0.2) is 9.97 Å². The first-order chi connectivity index (χ1) is 11.5. The first kappa shape index (κ1) is 17.3. The molecule has 1 aromatic carbocycles. The molecule has 1 fully saturated rings. The minimum atomic E-state index is -0.0607. The Morgan fingerprint density at radius 2 is 2.00 bits per heavy atom. The smallest absolute Gasteiger partial charge is 0.147 e. The van der Waals surface area contributed by atoms with Gasteiger partial charge in [0.15, 0.2) is 0 Å². The van der Waals surface area contributed by atoms with Crippen LogP contribution in [0, 0.1) is 0 Å². The van der Waals surface area contributed by atoms with Gasteiger partial charge in [0.25, 0.3) is 0 Å². The molecule has 2 aromatic rings. The number of rotatable bonds is 4. The summed E-state index contributed by atoms with van der Waals surface area (Å²) in [6, 6.07) is 5.90. The van der Waals surface area contributed by atoms with Crippen LogP contribution < -0.4 is 16.0 Å². The van der Waals surface area contributed by atoms with Gasteiger partial charge in [-0.1, -0.05) is 29.4 Å². The molecule has 128 valence electrons. The monoisotopic (exact) mass is 363 g/mol. The second kappa shape index (κ2) is 7.17. The Balaban J connectivity index is 1.69. The molecule has 0 atom stereocenters. The molecule has 0 saturated carbocycles. The summed E-state index contributed by atoms with van der Waals surface area (Å²) in [7, 11) is 1.86. The highest BCUT2D eigenvalue weighted by Gasteiger charge is 2.26. The highest BCUT2D eigenvalue weighted by molar-refractivity contribution is 7.99. The largest absolute Gasteiger partial charge is 0.387 e. The number of nitrogens with two attached hydrogens (primary N) is 1. The van der Waals surface area contributed by atoms with Gasteiger partial charge in [0.2, 0.25) is 0 Å². The summed E-state index contributed by atoms with van der Waals surface area (Å²) in [5, 5.41) is 4.61. The molecule has 0 spiro atoms. The molecule has 3 N–H and O–H groups in total. The third-order valence-corrected chi connectivity index (χ3v) is 5.79. The zero-order valence-corrected chi connectivity index (χ0v) is 15.5. The van der Waals surface area contributed by atoms with Crippen molar-refractivity contribution in [3.05, 3.63) is 35.6 Å². The van der Waals surface area contributed by atoms with Gasteiger partial charge >= 0.3 is 0 Å². The number of hydrogen-bond donors (Lipinski definition) is 2. The summed E-state index contributed by atoms with van der Waals surface area (Å²) >= 11 is 7.90. The lowest BCUT2D eigenvalue weighted by Crippen LogP contribution is -2.48. The van der Waals surface area contributed by atoms with Crippen molar-refractivity contribution in [2.75, 3.05) is 30.4 Å². The van der Waals surface area contributed by atoms with Crippen molar-refractivity contribution in [3.8, 4) is 0 Å². The molecular formula is C17H22ClN5S. The van der Waals surface area contributed by atoms with Gasteiger partial charge in [0.05, 0.1) is 23.1 Å². The minimum Gasteiger partial charge on any atom is -0.387 e. The molecule has 0 aliphatic carbocycles. The van der Waals surface area contributed by atoms with Crippen LogP contribution in [0.4, 0.5) is 11.5 Å². The molecule has 1 aliphatic heterocycles. The van der Waals surface area contributed by atoms with E-state index in [2.05, 4.69) is 27.1 Å². The topological polar surface area (TPSA) is 67.1 Å². The van der Waals surface area contributed by atoms with E-state index in [0.29, 0.717) is 5.02 Å². The van der Waals surface area contributed by atoms with Gasteiger partial charge in [-0.05, 0) is 31.9 Å². The van der Waals surface area contributed by atoms with Crippen LogP contribution in [0.1, 0.15) is 19.8 Å². The maximum Gasteiger partial charge on any atom is 0.147 e. The summed E-state index contributed by atoms with van der Waals surface area (Å²) in [6.45, 7) is 3.95. The summed E-state index contributed by atoms with van der Waals surface area (Å²) in [6.07, 6.45) is 5.57. The van der Waals surface area contributed by atoms with E-state index >= 15 is 0 Å². The minimum absolute atomic E-state index is 0.0607. The molecule has 1 saturated heterocycles. The Hall–Kier alpha value is -1.50. The molecular weight excluding hydrogens is 342 g/mol. The number of nitrogens with zero attached hydrogens (tertiary/aromatic N) is 3. The van der Waals surface area contributed by atoms with Crippen LogP contribution in [0.3, 0.4) is 0 Å². The Morgan fingerprint density at radius 3 is 2.62 bits per heavy atom. The average Bonchev–Trinajstić information content (AvgIpc) is 2.58. The van der Waals surface area contributed by atoms with E-state index in [9.17, 15) is 0 Å². The van der Waals surface area contributed by atoms with Crippen molar-refractivity contribution in [1.29, 1.82) is 0 Å². The Labute approximate surface area is 152 Å². The quantitative estimate of drug-likeness (QED) is 0.864. The summed E-state index contributed by atoms with van der Waals surface area (Å²) in [5.74, 6) is 0.907. The molecule has 2 heterocycles. The molecule has 1 aromatic heterocycles. The van der Waals surface area contributed by atoms with E-state index in [-0.39, 0.29) is 5.54 Å². The van der Waals surface area contributed by atoms with E-state index in [1.54, 1.807) is 6.20 Å². The summed E-state index contributed by atoms with van der Waals surface area (Å²) in [5.41, 5.74) is 7.03. The lowest BCUT2D eigenvalue weighted by atomic mass is 9.91.